The van der Waals surface area contributed by atoms with Gasteiger partial charge in [-0.05, 0) is 44.0 Å². The van der Waals surface area contributed by atoms with Gasteiger partial charge in [-0.3, -0.25) is 4.79 Å². The highest BCUT2D eigenvalue weighted by Crippen LogP contribution is 2.28. The van der Waals surface area contributed by atoms with Gasteiger partial charge in [-0.2, -0.15) is 4.31 Å². The molecular formula is C20H24N2O4S. The first-order valence-electron chi connectivity index (χ1n) is 9.13. The van der Waals surface area contributed by atoms with E-state index in [1.165, 1.54) is 4.31 Å². The lowest BCUT2D eigenvalue weighted by molar-refractivity contribution is -0.120. The van der Waals surface area contributed by atoms with E-state index < -0.39 is 16.1 Å². The first-order chi connectivity index (χ1) is 13.0. The van der Waals surface area contributed by atoms with Gasteiger partial charge in [0.15, 0.2) is 0 Å². The molecule has 0 aliphatic carbocycles. The van der Waals surface area contributed by atoms with E-state index in [1.54, 1.807) is 48.5 Å². The minimum Gasteiger partial charge on any atom is -0.492 e. The van der Waals surface area contributed by atoms with Crippen LogP contribution in [0.25, 0.3) is 0 Å². The number of hydrogen-bond acceptors (Lipinski definition) is 4. The second kappa shape index (κ2) is 8.54. The van der Waals surface area contributed by atoms with Crippen LogP contribution < -0.4 is 10.1 Å². The van der Waals surface area contributed by atoms with Gasteiger partial charge in [-0.1, -0.05) is 36.8 Å². The molecule has 0 saturated carbocycles. The fraction of sp³-hybridized carbons (Fsp3) is 0.350. The maximum absolute atomic E-state index is 13.0. The molecule has 0 aromatic heterocycles. The highest BCUT2D eigenvalue weighted by Gasteiger charge is 2.37. The Kier molecular flexibility index (Phi) is 6.13. The number of amides is 1. The van der Waals surface area contributed by atoms with E-state index in [0.717, 1.165) is 12.8 Å². The number of rotatable bonds is 6. The van der Waals surface area contributed by atoms with Crippen molar-refractivity contribution in [3.8, 4) is 5.75 Å². The van der Waals surface area contributed by atoms with Crippen molar-refractivity contribution in [2.75, 3.05) is 18.5 Å². The van der Waals surface area contributed by atoms with Crippen LogP contribution in [0.1, 0.15) is 26.2 Å². The summed E-state index contributed by atoms with van der Waals surface area (Å²) in [5.74, 6) is 0.239. The molecule has 27 heavy (non-hydrogen) atoms. The van der Waals surface area contributed by atoms with Crippen LogP contribution in [-0.2, 0) is 14.8 Å². The van der Waals surface area contributed by atoms with Gasteiger partial charge in [0.25, 0.3) is 0 Å². The van der Waals surface area contributed by atoms with Crippen molar-refractivity contribution in [2.45, 2.75) is 37.1 Å². The van der Waals surface area contributed by atoms with Crippen LogP contribution >= 0.6 is 0 Å². The third-order valence-corrected chi connectivity index (χ3v) is 6.47. The summed E-state index contributed by atoms with van der Waals surface area (Å²) in [5.41, 5.74) is 0.548. The Balaban J connectivity index is 1.85. The third-order valence-electron chi connectivity index (χ3n) is 4.55. The molecule has 1 N–H and O–H groups in total. The summed E-state index contributed by atoms with van der Waals surface area (Å²) in [6.07, 6.45) is 2.05. The molecule has 1 amide bonds. The van der Waals surface area contributed by atoms with E-state index in [-0.39, 0.29) is 10.8 Å². The monoisotopic (exact) mass is 388 g/mol. The van der Waals surface area contributed by atoms with Gasteiger partial charge in [0.05, 0.1) is 17.2 Å². The summed E-state index contributed by atoms with van der Waals surface area (Å²) in [5, 5.41) is 2.85. The number of nitrogens with zero attached hydrogens (tertiary/aromatic N) is 1. The molecule has 1 heterocycles. The lowest BCUT2D eigenvalue weighted by Crippen LogP contribution is -2.49. The van der Waals surface area contributed by atoms with Crippen LogP contribution in [0.5, 0.6) is 5.75 Å². The summed E-state index contributed by atoms with van der Waals surface area (Å²) in [7, 11) is -3.73. The largest absolute Gasteiger partial charge is 0.492 e. The van der Waals surface area contributed by atoms with Crippen molar-refractivity contribution in [1.82, 2.24) is 4.31 Å². The van der Waals surface area contributed by atoms with Crippen molar-refractivity contribution in [2.24, 2.45) is 0 Å². The molecule has 1 atom stereocenters. The van der Waals surface area contributed by atoms with Crippen molar-refractivity contribution < 1.29 is 17.9 Å². The van der Waals surface area contributed by atoms with Crippen molar-refractivity contribution in [3.63, 3.8) is 0 Å². The number of hydrogen-bond donors (Lipinski definition) is 1. The van der Waals surface area contributed by atoms with Gasteiger partial charge in [0.2, 0.25) is 15.9 Å². The number of para-hydroxylation sites is 2. The lowest BCUT2D eigenvalue weighted by Gasteiger charge is -2.33. The Morgan fingerprint density at radius 1 is 1.11 bits per heavy atom. The summed E-state index contributed by atoms with van der Waals surface area (Å²) in [6, 6.07) is 14.7. The van der Waals surface area contributed by atoms with Gasteiger partial charge < -0.3 is 10.1 Å². The van der Waals surface area contributed by atoms with Crippen molar-refractivity contribution in [3.05, 3.63) is 54.6 Å². The number of piperidine rings is 1. The van der Waals surface area contributed by atoms with E-state index in [2.05, 4.69) is 5.32 Å². The van der Waals surface area contributed by atoms with E-state index in [4.69, 9.17) is 4.74 Å². The summed E-state index contributed by atoms with van der Waals surface area (Å²) in [6.45, 7) is 2.68. The fourth-order valence-corrected chi connectivity index (χ4v) is 4.93. The second-order valence-electron chi connectivity index (χ2n) is 6.36. The lowest BCUT2D eigenvalue weighted by atomic mass is 10.0. The SMILES string of the molecule is CCOc1ccccc1NC(=O)[C@@H]1CCCCN1S(=O)(=O)c1ccccc1. The summed E-state index contributed by atoms with van der Waals surface area (Å²) in [4.78, 5) is 13.1. The van der Waals surface area contributed by atoms with Gasteiger partial charge in [0, 0.05) is 6.54 Å². The zero-order valence-electron chi connectivity index (χ0n) is 15.3. The minimum absolute atomic E-state index is 0.208. The molecule has 1 fully saturated rings. The molecule has 2 aromatic rings. The zero-order valence-corrected chi connectivity index (χ0v) is 16.1. The van der Waals surface area contributed by atoms with Crippen LogP contribution in [0.3, 0.4) is 0 Å². The Morgan fingerprint density at radius 3 is 2.56 bits per heavy atom. The highest BCUT2D eigenvalue weighted by molar-refractivity contribution is 7.89. The van der Waals surface area contributed by atoms with E-state index >= 15 is 0 Å². The minimum atomic E-state index is -3.73. The standard InChI is InChI=1S/C20H24N2O4S/c1-2-26-19-14-7-6-12-17(19)21-20(23)18-13-8-9-15-22(18)27(24,25)16-10-4-3-5-11-16/h3-7,10-12,14,18H,2,8-9,13,15H2,1H3,(H,21,23)/t18-/m0/s1. The molecule has 0 spiro atoms. The zero-order chi connectivity index (χ0) is 19.3. The molecule has 2 aromatic carbocycles. The molecular weight excluding hydrogens is 364 g/mol. The molecule has 0 bridgehead atoms. The molecule has 0 radical (unpaired) electrons. The predicted molar refractivity (Wildman–Crippen MR) is 104 cm³/mol. The average molecular weight is 388 g/mol. The number of ether oxygens (including phenoxy) is 1. The topological polar surface area (TPSA) is 75.7 Å². The van der Waals surface area contributed by atoms with Crippen LogP contribution in [0.15, 0.2) is 59.5 Å². The molecule has 1 saturated heterocycles. The van der Waals surface area contributed by atoms with E-state index in [1.807, 2.05) is 13.0 Å². The van der Waals surface area contributed by atoms with Crippen molar-refractivity contribution in [1.29, 1.82) is 0 Å². The number of carbonyl (C=O) groups is 1. The van der Waals surface area contributed by atoms with Crippen LogP contribution in [0.4, 0.5) is 5.69 Å². The number of nitrogens with one attached hydrogen (secondary N) is 1. The molecule has 0 unspecified atom stereocenters. The van der Waals surface area contributed by atoms with E-state index in [0.29, 0.717) is 31.0 Å². The maximum atomic E-state index is 13.0. The molecule has 6 nitrogen and oxygen atoms in total. The molecule has 7 heteroatoms. The van der Waals surface area contributed by atoms with Crippen LogP contribution in [-0.4, -0.2) is 37.8 Å². The number of sulfonamides is 1. The normalized spacial score (nSPS) is 18.0. The van der Waals surface area contributed by atoms with E-state index in [9.17, 15) is 13.2 Å². The fourth-order valence-electron chi connectivity index (χ4n) is 3.25. The van der Waals surface area contributed by atoms with Gasteiger partial charge in [-0.25, -0.2) is 8.42 Å². The Labute approximate surface area is 160 Å². The average Bonchev–Trinajstić information content (AvgIpc) is 2.70. The molecule has 1 aliphatic heterocycles. The molecule has 144 valence electrons. The number of anilines is 1. The predicted octanol–water partition coefficient (Wildman–Crippen LogP) is 3.27. The van der Waals surface area contributed by atoms with Gasteiger partial charge in [0.1, 0.15) is 11.8 Å². The second-order valence-corrected chi connectivity index (χ2v) is 8.25. The number of carbonyl (C=O) groups excluding carboxylic acids is 1. The third kappa shape index (κ3) is 4.31. The maximum Gasteiger partial charge on any atom is 0.243 e. The molecule has 1 aliphatic rings. The van der Waals surface area contributed by atoms with Gasteiger partial charge >= 0.3 is 0 Å². The summed E-state index contributed by atoms with van der Waals surface area (Å²) < 4.78 is 33.0. The Bertz CT molecular complexity index is 884. The van der Waals surface area contributed by atoms with Crippen LogP contribution in [0, 0.1) is 0 Å². The highest BCUT2D eigenvalue weighted by atomic mass is 32.2. The first kappa shape index (κ1) is 19.4. The van der Waals surface area contributed by atoms with Gasteiger partial charge in [-0.15, -0.1) is 0 Å². The molecule has 3 rings (SSSR count). The smallest absolute Gasteiger partial charge is 0.243 e. The Morgan fingerprint density at radius 2 is 1.81 bits per heavy atom. The van der Waals surface area contributed by atoms with Crippen molar-refractivity contribution >= 4 is 21.6 Å². The Hall–Kier alpha value is -2.38. The first-order valence-corrected chi connectivity index (χ1v) is 10.6. The van der Waals surface area contributed by atoms with Crippen LogP contribution in [0.2, 0.25) is 0 Å². The number of benzene rings is 2. The quantitative estimate of drug-likeness (QED) is 0.824. The summed E-state index contributed by atoms with van der Waals surface area (Å²) >= 11 is 0.